The minimum Gasteiger partial charge on any atom is -0.294 e. The summed E-state index contributed by atoms with van der Waals surface area (Å²) in [5.74, 6) is 0.390. The van der Waals surface area contributed by atoms with Crippen molar-refractivity contribution in [2.75, 3.05) is 0 Å². The van der Waals surface area contributed by atoms with E-state index in [0.29, 0.717) is 5.78 Å². The predicted molar refractivity (Wildman–Crippen MR) is 69.3 cm³/mol. The Morgan fingerprint density at radius 3 is 2.44 bits per heavy atom. The quantitative estimate of drug-likeness (QED) is 0.501. The Morgan fingerprint density at radius 1 is 1.38 bits per heavy atom. The largest absolute Gasteiger partial charge is 0.294 e. The van der Waals surface area contributed by atoms with E-state index in [0.717, 1.165) is 18.4 Å². The molecule has 0 aromatic carbocycles. The molecule has 0 saturated heterocycles. The van der Waals surface area contributed by atoms with E-state index < -0.39 is 0 Å². The van der Waals surface area contributed by atoms with Crippen LogP contribution in [0.1, 0.15) is 54.4 Å². The molecular formula is C15H24O. The normalized spacial score (nSPS) is 25.9. The van der Waals surface area contributed by atoms with Gasteiger partial charge in [-0.25, -0.2) is 0 Å². The molecule has 0 N–H and O–H groups in total. The van der Waals surface area contributed by atoms with Crippen molar-refractivity contribution in [3.05, 3.63) is 22.8 Å². The first-order valence-electron chi connectivity index (χ1n) is 6.14. The molecule has 1 nitrogen and oxygen atoms in total. The minimum absolute atomic E-state index is 0.0810. The topological polar surface area (TPSA) is 17.1 Å². The van der Waals surface area contributed by atoms with E-state index in [1.807, 2.05) is 19.9 Å². The number of Topliss-reactive ketones (excluding diaryl/α,β-unsaturated/α-hetero) is 1. The molecule has 0 aromatic heterocycles. The van der Waals surface area contributed by atoms with Gasteiger partial charge in [-0.2, -0.15) is 0 Å². The Balaban J connectivity index is 3.16. The highest BCUT2D eigenvalue weighted by Gasteiger charge is 2.39. The highest BCUT2D eigenvalue weighted by atomic mass is 16.1. The molecular weight excluding hydrogens is 196 g/mol. The Labute approximate surface area is 99.6 Å². The summed E-state index contributed by atoms with van der Waals surface area (Å²) in [5, 5.41) is 0. The van der Waals surface area contributed by atoms with Crippen LogP contribution in [0, 0.1) is 11.3 Å². The third-order valence-electron chi connectivity index (χ3n) is 4.12. The molecule has 0 bridgehead atoms. The maximum absolute atomic E-state index is 12.4. The fourth-order valence-electron chi connectivity index (χ4n) is 2.61. The molecule has 0 fully saturated rings. The van der Waals surface area contributed by atoms with Crippen molar-refractivity contribution in [3.8, 4) is 0 Å². The highest BCUT2D eigenvalue weighted by molar-refractivity contribution is 5.99. The van der Waals surface area contributed by atoms with Crippen molar-refractivity contribution in [2.24, 2.45) is 11.3 Å². The monoisotopic (exact) mass is 220 g/mol. The first-order chi connectivity index (χ1) is 7.31. The Morgan fingerprint density at radius 2 is 1.94 bits per heavy atom. The van der Waals surface area contributed by atoms with Crippen molar-refractivity contribution < 1.29 is 4.79 Å². The van der Waals surface area contributed by atoms with Crippen LogP contribution in [0.3, 0.4) is 0 Å². The average molecular weight is 220 g/mol. The van der Waals surface area contributed by atoms with Crippen LogP contribution < -0.4 is 0 Å². The van der Waals surface area contributed by atoms with E-state index in [1.165, 1.54) is 11.1 Å². The van der Waals surface area contributed by atoms with E-state index in [1.54, 1.807) is 0 Å². The van der Waals surface area contributed by atoms with Crippen molar-refractivity contribution in [2.45, 2.75) is 54.4 Å². The van der Waals surface area contributed by atoms with Gasteiger partial charge in [-0.15, -0.1) is 0 Å². The number of allylic oxidation sites excluding steroid dienone is 4. The minimum atomic E-state index is 0.0810. The zero-order valence-corrected chi connectivity index (χ0v) is 11.5. The van der Waals surface area contributed by atoms with Crippen LogP contribution in [0.5, 0.6) is 0 Å². The number of rotatable bonds is 2. The summed E-state index contributed by atoms with van der Waals surface area (Å²) in [4.78, 5) is 12.4. The van der Waals surface area contributed by atoms with Crippen LogP contribution >= 0.6 is 0 Å². The molecule has 0 saturated carbocycles. The second-order valence-electron chi connectivity index (χ2n) is 5.72. The van der Waals surface area contributed by atoms with Gasteiger partial charge in [0, 0.05) is 5.92 Å². The molecule has 1 unspecified atom stereocenters. The number of ketones is 1. The molecule has 1 rings (SSSR count). The SMILES string of the molecule is C/C=C(\C)C(=O)C1C(C)=C(C)CCC1(C)C. The van der Waals surface area contributed by atoms with E-state index >= 15 is 0 Å². The molecule has 0 radical (unpaired) electrons. The molecule has 0 aromatic rings. The number of carbonyl (C=O) groups excluding carboxylic acids is 1. The molecule has 90 valence electrons. The van der Waals surface area contributed by atoms with Gasteiger partial charge in [-0.3, -0.25) is 4.79 Å². The van der Waals surface area contributed by atoms with Gasteiger partial charge in [0.2, 0.25) is 0 Å². The lowest BCUT2D eigenvalue weighted by Crippen LogP contribution is -2.35. The van der Waals surface area contributed by atoms with Crippen LogP contribution in [0.25, 0.3) is 0 Å². The summed E-state index contributed by atoms with van der Waals surface area (Å²) >= 11 is 0. The Kier molecular flexibility index (Phi) is 3.77. The van der Waals surface area contributed by atoms with Crippen LogP contribution in [0.15, 0.2) is 22.8 Å². The van der Waals surface area contributed by atoms with Gasteiger partial charge in [0.1, 0.15) is 0 Å². The summed E-state index contributed by atoms with van der Waals surface area (Å²) in [6, 6.07) is 0. The molecule has 1 atom stereocenters. The number of hydrogen-bond donors (Lipinski definition) is 0. The zero-order valence-electron chi connectivity index (χ0n) is 11.5. The van der Waals surface area contributed by atoms with Crippen LogP contribution in [0.2, 0.25) is 0 Å². The molecule has 1 aliphatic rings. The fraction of sp³-hybridized carbons (Fsp3) is 0.667. The van der Waals surface area contributed by atoms with Gasteiger partial charge in [0.05, 0.1) is 0 Å². The van der Waals surface area contributed by atoms with Crippen molar-refractivity contribution in [1.82, 2.24) is 0 Å². The lowest BCUT2D eigenvalue weighted by atomic mass is 9.64. The second-order valence-corrected chi connectivity index (χ2v) is 5.72. The maximum atomic E-state index is 12.4. The molecule has 0 amide bonds. The first kappa shape index (κ1) is 13.2. The van der Waals surface area contributed by atoms with Crippen LogP contribution in [-0.2, 0) is 4.79 Å². The van der Waals surface area contributed by atoms with Crippen LogP contribution in [-0.4, -0.2) is 5.78 Å². The molecule has 0 aliphatic heterocycles. The Bertz CT molecular complexity index is 356. The van der Waals surface area contributed by atoms with Gasteiger partial charge in [-0.1, -0.05) is 31.1 Å². The van der Waals surface area contributed by atoms with Crippen molar-refractivity contribution in [1.29, 1.82) is 0 Å². The zero-order chi connectivity index (χ0) is 12.5. The number of carbonyl (C=O) groups is 1. The van der Waals surface area contributed by atoms with Gasteiger partial charge >= 0.3 is 0 Å². The molecule has 0 heterocycles. The third-order valence-corrected chi connectivity index (χ3v) is 4.12. The third kappa shape index (κ3) is 2.28. The predicted octanol–water partition coefficient (Wildman–Crippen LogP) is 4.29. The Hall–Kier alpha value is -0.850. The van der Waals surface area contributed by atoms with Gasteiger partial charge < -0.3 is 0 Å². The lowest BCUT2D eigenvalue weighted by molar-refractivity contribution is -0.121. The molecule has 16 heavy (non-hydrogen) atoms. The summed E-state index contributed by atoms with van der Waals surface area (Å²) in [6.07, 6.45) is 4.18. The summed E-state index contributed by atoms with van der Waals surface area (Å²) in [5.41, 5.74) is 3.70. The highest BCUT2D eigenvalue weighted by Crippen LogP contribution is 2.44. The summed E-state index contributed by atoms with van der Waals surface area (Å²) in [6.45, 7) is 12.6. The first-order valence-corrected chi connectivity index (χ1v) is 6.14. The second kappa shape index (κ2) is 4.57. The van der Waals surface area contributed by atoms with Crippen molar-refractivity contribution in [3.63, 3.8) is 0 Å². The van der Waals surface area contributed by atoms with Gasteiger partial charge in [0.25, 0.3) is 0 Å². The van der Waals surface area contributed by atoms with E-state index in [-0.39, 0.29) is 11.3 Å². The molecule has 1 aliphatic carbocycles. The van der Waals surface area contributed by atoms with E-state index in [9.17, 15) is 4.79 Å². The summed E-state index contributed by atoms with van der Waals surface area (Å²) in [7, 11) is 0. The van der Waals surface area contributed by atoms with E-state index in [2.05, 4.69) is 27.7 Å². The van der Waals surface area contributed by atoms with Gasteiger partial charge in [0.15, 0.2) is 5.78 Å². The fourth-order valence-corrected chi connectivity index (χ4v) is 2.61. The maximum Gasteiger partial charge on any atom is 0.165 e. The lowest BCUT2D eigenvalue weighted by Gasteiger charge is -2.39. The number of hydrogen-bond acceptors (Lipinski definition) is 1. The average Bonchev–Trinajstić information content (AvgIpc) is 2.22. The van der Waals surface area contributed by atoms with Crippen molar-refractivity contribution >= 4 is 5.78 Å². The van der Waals surface area contributed by atoms with E-state index in [4.69, 9.17) is 0 Å². The van der Waals surface area contributed by atoms with Crippen LogP contribution in [0.4, 0.5) is 0 Å². The summed E-state index contributed by atoms with van der Waals surface area (Å²) < 4.78 is 0. The molecule has 1 heteroatoms. The standard InChI is InChI=1S/C15H24O/c1-7-10(2)14(16)13-12(4)11(3)8-9-15(13,5)6/h7,13H,8-9H2,1-6H3/b10-7+. The van der Waals surface area contributed by atoms with Gasteiger partial charge in [-0.05, 0) is 51.5 Å². The molecule has 0 spiro atoms. The smallest absolute Gasteiger partial charge is 0.165 e.